The van der Waals surface area contributed by atoms with Crippen LogP contribution < -0.4 is 15.2 Å². The lowest BCUT2D eigenvalue weighted by molar-refractivity contribution is 0.177. The molecule has 1 amide bonds. The van der Waals surface area contributed by atoms with E-state index < -0.39 is 22.1 Å². The average Bonchev–Trinajstić information content (AvgIpc) is 2.36. The molecule has 0 aliphatic carbocycles. The largest absolute Gasteiger partial charge is 0.452 e. The summed E-state index contributed by atoms with van der Waals surface area (Å²) in [6.45, 7) is 0.0802. The van der Waals surface area contributed by atoms with Gasteiger partial charge in [-0.1, -0.05) is 11.8 Å². The quantitative estimate of drug-likeness (QED) is 0.688. The van der Waals surface area contributed by atoms with E-state index in [-0.39, 0.29) is 17.8 Å². The molecule has 1 rings (SSSR count). The molecule has 0 saturated heterocycles. The fourth-order valence-electron chi connectivity index (χ4n) is 1.16. The lowest BCUT2D eigenvalue weighted by Crippen LogP contribution is -2.35. The predicted octanol–water partition coefficient (Wildman–Crippen LogP) is 0.149. The molecule has 0 atom stereocenters. The second-order valence-corrected chi connectivity index (χ2v) is 4.81. The van der Waals surface area contributed by atoms with Gasteiger partial charge in [0.05, 0.1) is 24.9 Å². The van der Waals surface area contributed by atoms with Crippen molar-refractivity contribution in [3.8, 4) is 11.8 Å². The summed E-state index contributed by atoms with van der Waals surface area (Å²) in [5, 5.41) is 0. The summed E-state index contributed by atoms with van der Waals surface area (Å²) in [5.74, 6) is 4.24. The van der Waals surface area contributed by atoms with Crippen molar-refractivity contribution >= 4 is 22.0 Å². The molecule has 0 spiro atoms. The number of methoxy groups -OCH3 is 1. The van der Waals surface area contributed by atoms with Crippen LogP contribution in [0, 0.1) is 17.7 Å². The molecule has 108 valence electrons. The minimum Gasteiger partial charge on any atom is -0.452 e. The van der Waals surface area contributed by atoms with Gasteiger partial charge in [0.1, 0.15) is 5.82 Å². The smallest absolute Gasteiger partial charge is 0.422 e. The Bertz CT molecular complexity index is 664. The third-order valence-corrected chi connectivity index (χ3v) is 2.89. The Hall–Kier alpha value is -2.31. The molecule has 7 nitrogen and oxygen atoms in total. The molecule has 0 aliphatic heterocycles. The van der Waals surface area contributed by atoms with Crippen LogP contribution in [0.15, 0.2) is 18.2 Å². The molecule has 0 radical (unpaired) electrons. The van der Waals surface area contributed by atoms with Crippen molar-refractivity contribution in [1.82, 2.24) is 4.72 Å². The van der Waals surface area contributed by atoms with E-state index in [2.05, 4.69) is 16.6 Å². The van der Waals surface area contributed by atoms with Crippen LogP contribution in [0.5, 0.6) is 0 Å². The number of benzene rings is 1. The number of nitrogens with one attached hydrogen (secondary N) is 2. The number of carbonyl (C=O) groups excluding carboxylic acids is 1. The highest BCUT2D eigenvalue weighted by Gasteiger charge is 2.15. The molecule has 20 heavy (non-hydrogen) atoms. The van der Waals surface area contributed by atoms with Crippen LogP contribution in [0.4, 0.5) is 14.9 Å². The number of rotatable bonds is 3. The van der Waals surface area contributed by atoms with Crippen LogP contribution in [0.2, 0.25) is 0 Å². The van der Waals surface area contributed by atoms with Crippen molar-refractivity contribution < 1.29 is 22.3 Å². The summed E-state index contributed by atoms with van der Waals surface area (Å²) in [6, 6.07) is 3.51. The molecule has 1 aromatic rings. The number of hydrogen-bond acceptors (Lipinski definition) is 5. The first-order valence-electron chi connectivity index (χ1n) is 5.25. The number of carbonyl (C=O) groups is 1. The maximum absolute atomic E-state index is 13.6. The first kappa shape index (κ1) is 15.7. The van der Waals surface area contributed by atoms with Gasteiger partial charge in [0.25, 0.3) is 0 Å². The minimum atomic E-state index is -4.19. The van der Waals surface area contributed by atoms with E-state index in [1.165, 1.54) is 12.1 Å². The number of amides is 1. The van der Waals surface area contributed by atoms with E-state index in [0.29, 0.717) is 0 Å². The average molecular weight is 301 g/mol. The Morgan fingerprint density at radius 2 is 2.20 bits per heavy atom. The number of halogens is 1. The predicted molar refractivity (Wildman–Crippen MR) is 70.4 cm³/mol. The fraction of sp³-hybridized carbons (Fsp3) is 0.182. The summed E-state index contributed by atoms with van der Waals surface area (Å²) in [6.07, 6.45) is -1.16. The van der Waals surface area contributed by atoms with Gasteiger partial charge in [-0.05, 0) is 18.2 Å². The molecule has 0 saturated carbocycles. The number of ether oxygens (including phenoxy) is 1. The van der Waals surface area contributed by atoms with E-state index in [4.69, 9.17) is 5.73 Å². The van der Waals surface area contributed by atoms with Gasteiger partial charge in [-0.15, -0.1) is 0 Å². The molecular weight excluding hydrogens is 289 g/mol. The van der Waals surface area contributed by atoms with Crippen molar-refractivity contribution in [2.75, 3.05) is 18.4 Å². The van der Waals surface area contributed by atoms with Crippen molar-refractivity contribution in [1.29, 1.82) is 0 Å². The highest BCUT2D eigenvalue weighted by atomic mass is 32.2. The molecule has 9 heteroatoms. The van der Waals surface area contributed by atoms with Crippen molar-refractivity contribution in [3.63, 3.8) is 0 Å². The Morgan fingerprint density at radius 3 is 2.75 bits per heavy atom. The van der Waals surface area contributed by atoms with Crippen molar-refractivity contribution in [2.24, 2.45) is 5.73 Å². The standard InChI is InChI=1S/C11H12FN3O4S/c1-19-11(16)15-20(17,18)14-9-5-4-8(3-2-6-13)10(12)7-9/h4-5,7,14H,6,13H2,1H3,(H,15,16). The molecule has 0 bridgehead atoms. The molecule has 1 aromatic carbocycles. The first-order valence-corrected chi connectivity index (χ1v) is 6.73. The summed E-state index contributed by atoms with van der Waals surface area (Å²) in [4.78, 5) is 10.8. The van der Waals surface area contributed by atoms with Gasteiger partial charge in [-0.3, -0.25) is 4.72 Å². The van der Waals surface area contributed by atoms with Crippen LogP contribution in [0.25, 0.3) is 0 Å². The van der Waals surface area contributed by atoms with Crippen LogP contribution in [0.3, 0.4) is 0 Å². The summed E-state index contributed by atoms with van der Waals surface area (Å²) >= 11 is 0. The maximum Gasteiger partial charge on any atom is 0.422 e. The minimum absolute atomic E-state index is 0.0720. The van der Waals surface area contributed by atoms with Crippen molar-refractivity contribution in [2.45, 2.75) is 0 Å². The Morgan fingerprint density at radius 1 is 1.50 bits per heavy atom. The van der Waals surface area contributed by atoms with E-state index in [0.717, 1.165) is 13.2 Å². The molecule has 4 N–H and O–H groups in total. The third-order valence-electron chi connectivity index (χ3n) is 1.95. The van der Waals surface area contributed by atoms with Crippen LogP contribution in [0.1, 0.15) is 5.56 Å². The molecule has 0 aromatic heterocycles. The number of hydrogen-bond donors (Lipinski definition) is 3. The van der Waals surface area contributed by atoms with E-state index in [1.54, 1.807) is 4.72 Å². The Balaban J connectivity index is 2.89. The molecule has 0 aliphatic rings. The lowest BCUT2D eigenvalue weighted by Gasteiger charge is -2.08. The zero-order chi connectivity index (χ0) is 15.2. The Labute approximate surface area is 115 Å². The van der Waals surface area contributed by atoms with Crippen LogP contribution in [-0.2, 0) is 14.9 Å². The van der Waals surface area contributed by atoms with E-state index >= 15 is 0 Å². The second-order valence-electron chi connectivity index (χ2n) is 3.40. The fourth-order valence-corrected chi connectivity index (χ4v) is 1.95. The van der Waals surface area contributed by atoms with Gasteiger partial charge in [-0.25, -0.2) is 13.9 Å². The lowest BCUT2D eigenvalue weighted by atomic mass is 10.2. The highest BCUT2D eigenvalue weighted by molar-refractivity contribution is 7.91. The zero-order valence-corrected chi connectivity index (χ0v) is 11.3. The van der Waals surface area contributed by atoms with Gasteiger partial charge in [0.2, 0.25) is 0 Å². The van der Waals surface area contributed by atoms with Gasteiger partial charge in [0.15, 0.2) is 0 Å². The summed E-state index contributed by atoms with van der Waals surface area (Å²) in [5.41, 5.74) is 5.17. The monoisotopic (exact) mass is 301 g/mol. The molecular formula is C11H12FN3O4S. The summed E-state index contributed by atoms with van der Waals surface area (Å²) in [7, 11) is -3.18. The van der Waals surface area contributed by atoms with Gasteiger partial charge >= 0.3 is 16.3 Å². The normalized spacial score (nSPS) is 10.2. The van der Waals surface area contributed by atoms with E-state index in [1.807, 2.05) is 4.72 Å². The summed E-state index contributed by atoms with van der Waals surface area (Å²) < 4.78 is 44.1. The van der Waals surface area contributed by atoms with Gasteiger partial charge in [-0.2, -0.15) is 8.42 Å². The molecule has 0 unspecified atom stereocenters. The first-order chi connectivity index (χ1) is 9.38. The third kappa shape index (κ3) is 4.75. The van der Waals surface area contributed by atoms with Crippen LogP contribution >= 0.6 is 0 Å². The second kappa shape index (κ2) is 6.74. The SMILES string of the molecule is COC(=O)NS(=O)(=O)Nc1ccc(C#CCN)c(F)c1. The van der Waals surface area contributed by atoms with Crippen molar-refractivity contribution in [3.05, 3.63) is 29.6 Å². The molecule has 0 heterocycles. The van der Waals surface area contributed by atoms with E-state index in [9.17, 15) is 17.6 Å². The number of anilines is 1. The zero-order valence-electron chi connectivity index (χ0n) is 10.4. The van der Waals surface area contributed by atoms with Gasteiger partial charge in [0, 0.05) is 0 Å². The van der Waals surface area contributed by atoms with Gasteiger partial charge < -0.3 is 10.5 Å². The Kier molecular flexibility index (Phi) is 5.31. The maximum atomic E-state index is 13.6. The van der Waals surface area contributed by atoms with Crippen LogP contribution in [-0.4, -0.2) is 28.2 Å². The highest BCUT2D eigenvalue weighted by Crippen LogP contribution is 2.14. The topological polar surface area (TPSA) is 111 Å². The number of nitrogens with two attached hydrogens (primary N) is 1. The molecule has 0 fully saturated rings.